The molecule has 4 rings (SSSR count). The zero-order valence-corrected chi connectivity index (χ0v) is 15.6. The second kappa shape index (κ2) is 5.93. The number of fused-ring (bicyclic) bond motifs is 3. The summed E-state index contributed by atoms with van der Waals surface area (Å²) < 4.78 is 0. The fraction of sp³-hybridized carbons (Fsp3) is 0.667. The minimum Gasteiger partial charge on any atom is -0.389 e. The van der Waals surface area contributed by atoms with Crippen molar-refractivity contribution >= 4 is 27.4 Å². The van der Waals surface area contributed by atoms with E-state index in [1.54, 1.807) is 6.33 Å². The Morgan fingerprint density at radius 2 is 2.12 bits per heavy atom. The second-order valence-corrected chi connectivity index (χ2v) is 8.91. The quantitative estimate of drug-likeness (QED) is 0.925. The number of rotatable bonds is 3. The average molecular weight is 347 g/mol. The minimum atomic E-state index is -0.641. The molecule has 1 saturated heterocycles. The maximum atomic E-state index is 10.1. The first-order valence-corrected chi connectivity index (χ1v) is 9.70. The van der Waals surface area contributed by atoms with Crippen LogP contribution in [0.15, 0.2) is 6.33 Å². The van der Waals surface area contributed by atoms with Crippen molar-refractivity contribution in [1.82, 2.24) is 14.9 Å². The number of aryl methyl sites for hydroxylation is 2. The largest absolute Gasteiger partial charge is 0.389 e. The Bertz CT molecular complexity index is 751. The Labute approximate surface area is 147 Å². The summed E-state index contributed by atoms with van der Waals surface area (Å²) in [6.45, 7) is 9.62. The van der Waals surface area contributed by atoms with Gasteiger partial charge in [-0.25, -0.2) is 9.97 Å². The van der Waals surface area contributed by atoms with Crippen LogP contribution < -0.4 is 4.90 Å². The molecule has 0 bridgehead atoms. The molecule has 0 saturated carbocycles. The summed E-state index contributed by atoms with van der Waals surface area (Å²) >= 11 is 1.85. The van der Waals surface area contributed by atoms with Crippen molar-refractivity contribution in [2.75, 3.05) is 31.1 Å². The highest BCUT2D eigenvalue weighted by molar-refractivity contribution is 7.19. The lowest BCUT2D eigenvalue weighted by Gasteiger charge is -2.42. The first-order chi connectivity index (χ1) is 11.4. The van der Waals surface area contributed by atoms with Gasteiger partial charge in [-0.3, -0.25) is 4.90 Å². The van der Waals surface area contributed by atoms with Crippen molar-refractivity contribution < 1.29 is 5.11 Å². The van der Waals surface area contributed by atoms with E-state index in [0.29, 0.717) is 6.04 Å². The molecule has 1 N–H and O–H groups in total. The molecule has 1 unspecified atom stereocenters. The van der Waals surface area contributed by atoms with Crippen LogP contribution in [0.4, 0.5) is 5.82 Å². The molecule has 5 nitrogen and oxygen atoms in total. The number of hydrogen-bond donors (Lipinski definition) is 1. The third kappa shape index (κ3) is 2.91. The fourth-order valence-electron chi connectivity index (χ4n) is 4.17. The van der Waals surface area contributed by atoms with Crippen LogP contribution >= 0.6 is 11.3 Å². The number of anilines is 1. The zero-order chi connectivity index (χ0) is 16.9. The van der Waals surface area contributed by atoms with Crippen LogP contribution in [0.2, 0.25) is 0 Å². The van der Waals surface area contributed by atoms with Gasteiger partial charge in [-0.15, -0.1) is 11.3 Å². The molecule has 0 spiro atoms. The molecular formula is C18H26N4OS. The van der Waals surface area contributed by atoms with E-state index in [4.69, 9.17) is 0 Å². The molecule has 3 heterocycles. The molecule has 1 aliphatic carbocycles. The van der Waals surface area contributed by atoms with Gasteiger partial charge in [-0.1, -0.05) is 0 Å². The average Bonchev–Trinajstić information content (AvgIpc) is 3.05. The number of thiophene rings is 1. The molecule has 0 amide bonds. The lowest BCUT2D eigenvalue weighted by atomic mass is 10.1. The second-order valence-electron chi connectivity index (χ2n) is 7.82. The van der Waals surface area contributed by atoms with Crippen LogP contribution in [0.3, 0.4) is 0 Å². The lowest BCUT2D eigenvalue weighted by molar-refractivity contribution is 0.0307. The summed E-state index contributed by atoms with van der Waals surface area (Å²) in [6.07, 6.45) is 5.35. The van der Waals surface area contributed by atoms with Crippen LogP contribution in [0.25, 0.3) is 10.2 Å². The van der Waals surface area contributed by atoms with Crippen molar-refractivity contribution in [3.05, 3.63) is 16.8 Å². The number of aliphatic hydroxyl groups is 1. The highest BCUT2D eigenvalue weighted by Crippen LogP contribution is 2.40. The standard InChI is InChI=1S/C18H26N4OS/c1-12-9-21(10-18(2,3)23)7-8-22(12)16-15-13-5-4-6-14(13)24-17(15)20-11-19-16/h11-12,23H,4-10H2,1-3H3. The van der Waals surface area contributed by atoms with Crippen LogP contribution in [-0.2, 0) is 12.8 Å². The van der Waals surface area contributed by atoms with Crippen molar-refractivity contribution in [2.24, 2.45) is 0 Å². The molecule has 6 heteroatoms. The van der Waals surface area contributed by atoms with E-state index in [-0.39, 0.29) is 0 Å². The smallest absolute Gasteiger partial charge is 0.141 e. The van der Waals surface area contributed by atoms with Crippen molar-refractivity contribution in [1.29, 1.82) is 0 Å². The molecule has 24 heavy (non-hydrogen) atoms. The summed E-state index contributed by atoms with van der Waals surface area (Å²) in [4.78, 5) is 16.7. The monoisotopic (exact) mass is 346 g/mol. The number of β-amino-alcohol motifs (C(OH)–C–C–N with tert-alkyl or cyclic N) is 1. The molecular weight excluding hydrogens is 320 g/mol. The van der Waals surface area contributed by atoms with Crippen molar-refractivity contribution in [2.45, 2.75) is 51.7 Å². The molecule has 0 radical (unpaired) electrons. The van der Waals surface area contributed by atoms with E-state index < -0.39 is 5.60 Å². The van der Waals surface area contributed by atoms with Crippen LogP contribution in [0.5, 0.6) is 0 Å². The van der Waals surface area contributed by atoms with E-state index in [9.17, 15) is 5.11 Å². The van der Waals surface area contributed by atoms with Gasteiger partial charge >= 0.3 is 0 Å². The molecule has 2 aromatic rings. The highest BCUT2D eigenvalue weighted by Gasteiger charge is 2.30. The van der Waals surface area contributed by atoms with Gasteiger partial charge in [0.1, 0.15) is 17.0 Å². The Morgan fingerprint density at radius 1 is 1.29 bits per heavy atom. The molecule has 1 fully saturated rings. The Hall–Kier alpha value is -1.24. The van der Waals surface area contributed by atoms with E-state index in [2.05, 4.69) is 26.7 Å². The minimum absolute atomic E-state index is 0.385. The van der Waals surface area contributed by atoms with Crippen LogP contribution in [0.1, 0.15) is 37.6 Å². The van der Waals surface area contributed by atoms with Crippen LogP contribution in [0, 0.1) is 0 Å². The Kier molecular flexibility index (Phi) is 4.01. The normalized spacial score (nSPS) is 22.3. The molecule has 1 aliphatic heterocycles. The molecule has 2 aliphatic rings. The molecule has 2 aromatic heterocycles. The number of nitrogens with zero attached hydrogens (tertiary/aromatic N) is 4. The van der Waals surface area contributed by atoms with Crippen LogP contribution in [-0.4, -0.2) is 57.8 Å². The number of aromatic nitrogens is 2. The zero-order valence-electron chi connectivity index (χ0n) is 14.7. The van der Waals surface area contributed by atoms with Gasteiger partial charge in [0, 0.05) is 37.1 Å². The van der Waals surface area contributed by atoms with Gasteiger partial charge in [0.05, 0.1) is 11.0 Å². The summed E-state index contributed by atoms with van der Waals surface area (Å²) in [5.41, 5.74) is 0.856. The SMILES string of the molecule is CC1CN(CC(C)(C)O)CCN1c1ncnc2sc3c(c12)CCC3. The van der Waals surface area contributed by atoms with E-state index in [1.807, 2.05) is 25.2 Å². The molecule has 130 valence electrons. The van der Waals surface area contributed by atoms with E-state index in [0.717, 1.165) is 36.8 Å². The van der Waals surface area contributed by atoms with Gasteiger partial charge in [0.2, 0.25) is 0 Å². The predicted octanol–water partition coefficient (Wildman–Crippen LogP) is 2.46. The lowest BCUT2D eigenvalue weighted by Crippen LogP contribution is -2.55. The number of hydrogen-bond acceptors (Lipinski definition) is 6. The summed E-state index contributed by atoms with van der Waals surface area (Å²) in [7, 11) is 0. The van der Waals surface area contributed by atoms with E-state index >= 15 is 0 Å². The third-order valence-electron chi connectivity index (χ3n) is 5.08. The summed E-state index contributed by atoms with van der Waals surface area (Å²) in [5.74, 6) is 1.12. The van der Waals surface area contributed by atoms with Crippen molar-refractivity contribution in [3.8, 4) is 0 Å². The predicted molar refractivity (Wildman–Crippen MR) is 99.0 cm³/mol. The topological polar surface area (TPSA) is 52.5 Å². The maximum absolute atomic E-state index is 10.1. The first-order valence-electron chi connectivity index (χ1n) is 8.89. The van der Waals surface area contributed by atoms with E-state index in [1.165, 1.54) is 35.1 Å². The maximum Gasteiger partial charge on any atom is 0.141 e. The summed E-state index contributed by atoms with van der Waals surface area (Å²) in [5, 5.41) is 11.4. The van der Waals surface area contributed by atoms with Gasteiger partial charge in [0.25, 0.3) is 0 Å². The first kappa shape index (κ1) is 16.2. The van der Waals surface area contributed by atoms with Gasteiger partial charge in [-0.2, -0.15) is 0 Å². The van der Waals surface area contributed by atoms with Gasteiger partial charge in [-0.05, 0) is 45.6 Å². The van der Waals surface area contributed by atoms with Gasteiger partial charge in [0.15, 0.2) is 0 Å². The molecule has 0 aromatic carbocycles. The fourth-order valence-corrected chi connectivity index (χ4v) is 5.39. The molecule has 1 atom stereocenters. The van der Waals surface area contributed by atoms with Crippen molar-refractivity contribution in [3.63, 3.8) is 0 Å². The Balaban J connectivity index is 1.62. The number of piperazine rings is 1. The highest BCUT2D eigenvalue weighted by atomic mass is 32.1. The summed E-state index contributed by atoms with van der Waals surface area (Å²) in [6, 6.07) is 0.385. The Morgan fingerprint density at radius 3 is 2.88 bits per heavy atom. The third-order valence-corrected chi connectivity index (χ3v) is 6.28. The van der Waals surface area contributed by atoms with Gasteiger partial charge < -0.3 is 10.0 Å².